The van der Waals surface area contributed by atoms with Crippen LogP contribution in [0, 0.1) is 0 Å². The first-order valence-electron chi connectivity index (χ1n) is 3.83. The van der Waals surface area contributed by atoms with Gasteiger partial charge in [-0.2, -0.15) is 0 Å². The minimum atomic E-state index is 0. The number of hydrogen-bond acceptors (Lipinski definition) is 1. The summed E-state index contributed by atoms with van der Waals surface area (Å²) in [7, 11) is 0. The van der Waals surface area contributed by atoms with Gasteiger partial charge in [0.2, 0.25) is 0 Å². The van der Waals surface area contributed by atoms with Crippen molar-refractivity contribution in [1.29, 1.82) is 0 Å². The third-order valence-electron chi connectivity index (χ3n) is 1.000. The average molecular weight is 133 g/mol. The smallest absolute Gasteiger partial charge is 0.0564 e. The van der Waals surface area contributed by atoms with Crippen molar-refractivity contribution in [2.75, 3.05) is 0 Å². The Balaban J connectivity index is -0.0000000720. The van der Waals surface area contributed by atoms with E-state index in [1.54, 1.807) is 0 Å². The van der Waals surface area contributed by atoms with Gasteiger partial charge in [-0.15, -0.1) is 0 Å². The highest BCUT2D eigenvalue weighted by Crippen LogP contribution is 1.77. The van der Waals surface area contributed by atoms with Crippen LogP contribution in [0.5, 0.6) is 0 Å². The lowest BCUT2D eigenvalue weighted by Crippen LogP contribution is -1.47. The summed E-state index contributed by atoms with van der Waals surface area (Å²) >= 11 is 0. The van der Waals surface area contributed by atoms with E-state index in [-0.39, 0.29) is 6.15 Å². The van der Waals surface area contributed by atoms with Gasteiger partial charge >= 0.3 is 0 Å². The van der Waals surface area contributed by atoms with Crippen molar-refractivity contribution < 1.29 is 0 Å². The third kappa shape index (κ3) is 73.6. The molecule has 1 heteroatoms. The molecule has 0 aliphatic carbocycles. The summed E-state index contributed by atoms with van der Waals surface area (Å²) in [5.74, 6) is 0. The SMILES string of the molecule is CCCC.CCCC.N. The molecule has 0 saturated heterocycles. The molecule has 0 atom stereocenters. The molecule has 0 aromatic heterocycles. The van der Waals surface area contributed by atoms with Crippen LogP contribution in [-0.2, 0) is 0 Å². The van der Waals surface area contributed by atoms with Crippen LogP contribution in [0.4, 0.5) is 0 Å². The van der Waals surface area contributed by atoms with Crippen LogP contribution in [0.2, 0.25) is 0 Å². The van der Waals surface area contributed by atoms with E-state index < -0.39 is 0 Å². The quantitative estimate of drug-likeness (QED) is 0.611. The summed E-state index contributed by atoms with van der Waals surface area (Å²) < 4.78 is 0. The topological polar surface area (TPSA) is 35.0 Å². The standard InChI is InChI=1S/2C4H10.H3N/c2*1-3-4-2;/h2*3-4H2,1-2H3;1H3. The molecule has 0 bridgehead atoms. The Morgan fingerprint density at radius 3 is 0.667 bits per heavy atom. The molecule has 0 aromatic rings. The van der Waals surface area contributed by atoms with Gasteiger partial charge in [0, 0.05) is 0 Å². The molecule has 0 rings (SSSR count). The lowest BCUT2D eigenvalue weighted by Gasteiger charge is -1.68. The van der Waals surface area contributed by atoms with E-state index in [9.17, 15) is 0 Å². The molecule has 0 fully saturated rings. The van der Waals surface area contributed by atoms with Gasteiger partial charge in [-0.25, -0.2) is 0 Å². The molecule has 60 valence electrons. The zero-order valence-electron chi connectivity index (χ0n) is 7.54. The molecule has 0 heterocycles. The summed E-state index contributed by atoms with van der Waals surface area (Å²) in [6.07, 6.45) is 5.28. The molecule has 0 amide bonds. The summed E-state index contributed by atoms with van der Waals surface area (Å²) in [6.45, 7) is 8.72. The summed E-state index contributed by atoms with van der Waals surface area (Å²) in [4.78, 5) is 0. The molecule has 0 spiro atoms. The molecule has 0 radical (unpaired) electrons. The van der Waals surface area contributed by atoms with E-state index >= 15 is 0 Å². The van der Waals surface area contributed by atoms with Gasteiger partial charge in [0.25, 0.3) is 0 Å². The van der Waals surface area contributed by atoms with Gasteiger partial charge in [0.1, 0.15) is 0 Å². The maximum atomic E-state index is 2.18. The molecule has 9 heavy (non-hydrogen) atoms. The van der Waals surface area contributed by atoms with Crippen molar-refractivity contribution in [3.63, 3.8) is 0 Å². The zero-order chi connectivity index (χ0) is 6.83. The Morgan fingerprint density at radius 1 is 0.556 bits per heavy atom. The second-order valence-corrected chi connectivity index (χ2v) is 2.00. The number of rotatable bonds is 2. The molecule has 0 aliphatic heterocycles. The summed E-state index contributed by atoms with van der Waals surface area (Å²) in [5.41, 5.74) is 0. The van der Waals surface area contributed by atoms with E-state index in [2.05, 4.69) is 27.7 Å². The third-order valence-corrected chi connectivity index (χ3v) is 1.000. The fourth-order valence-corrected chi connectivity index (χ4v) is 0. The lowest BCUT2D eigenvalue weighted by atomic mass is 10.4. The van der Waals surface area contributed by atoms with Crippen molar-refractivity contribution >= 4 is 0 Å². The maximum absolute atomic E-state index is 2.18. The molecule has 1 nitrogen and oxygen atoms in total. The van der Waals surface area contributed by atoms with Crippen molar-refractivity contribution in [1.82, 2.24) is 6.15 Å². The second-order valence-electron chi connectivity index (χ2n) is 2.00. The van der Waals surface area contributed by atoms with Crippen molar-refractivity contribution in [3.05, 3.63) is 0 Å². The van der Waals surface area contributed by atoms with E-state index in [0.717, 1.165) is 0 Å². The number of unbranched alkanes of at least 4 members (excludes halogenated alkanes) is 2. The Hall–Kier alpha value is -0.0400. The van der Waals surface area contributed by atoms with Gasteiger partial charge in [0.15, 0.2) is 0 Å². The molecule has 0 aromatic carbocycles. The first-order valence-corrected chi connectivity index (χ1v) is 3.83. The predicted molar refractivity (Wildman–Crippen MR) is 46.2 cm³/mol. The van der Waals surface area contributed by atoms with E-state index in [0.29, 0.717) is 0 Å². The van der Waals surface area contributed by atoms with Gasteiger partial charge in [0.05, 0.1) is 0 Å². The summed E-state index contributed by atoms with van der Waals surface area (Å²) in [6, 6.07) is 0. The van der Waals surface area contributed by atoms with Gasteiger partial charge in [-0.3, -0.25) is 0 Å². The normalized spacial score (nSPS) is 6.67. The Morgan fingerprint density at radius 2 is 0.667 bits per heavy atom. The lowest BCUT2D eigenvalue weighted by molar-refractivity contribution is 0.886. The monoisotopic (exact) mass is 133 g/mol. The van der Waals surface area contributed by atoms with Crippen LogP contribution in [0.15, 0.2) is 0 Å². The highest BCUT2D eigenvalue weighted by molar-refractivity contribution is 4.13. The van der Waals surface area contributed by atoms with E-state index in [4.69, 9.17) is 0 Å². The highest BCUT2D eigenvalue weighted by atomic mass is 14.0. The molecule has 3 N–H and O–H groups in total. The summed E-state index contributed by atoms with van der Waals surface area (Å²) in [5, 5.41) is 0. The minimum absolute atomic E-state index is 0. The van der Waals surface area contributed by atoms with Crippen LogP contribution < -0.4 is 6.15 Å². The van der Waals surface area contributed by atoms with E-state index in [1.165, 1.54) is 25.7 Å². The van der Waals surface area contributed by atoms with Gasteiger partial charge in [-0.1, -0.05) is 53.4 Å². The predicted octanol–water partition coefficient (Wildman–Crippen LogP) is 3.77. The number of hydrogen-bond donors (Lipinski definition) is 1. The van der Waals surface area contributed by atoms with Crippen LogP contribution in [0.1, 0.15) is 53.4 Å². The second kappa shape index (κ2) is 24.6. The van der Waals surface area contributed by atoms with Crippen LogP contribution >= 0.6 is 0 Å². The molecule has 0 aliphatic rings. The van der Waals surface area contributed by atoms with Crippen LogP contribution in [-0.4, -0.2) is 0 Å². The van der Waals surface area contributed by atoms with Crippen molar-refractivity contribution in [3.8, 4) is 0 Å². The molecular weight excluding hydrogens is 110 g/mol. The minimum Gasteiger partial charge on any atom is -0.344 e. The van der Waals surface area contributed by atoms with Gasteiger partial charge in [-0.05, 0) is 0 Å². The van der Waals surface area contributed by atoms with Crippen molar-refractivity contribution in [2.45, 2.75) is 53.4 Å². The fraction of sp³-hybridized carbons (Fsp3) is 1.00. The molecular formula is C8H23N. The highest BCUT2D eigenvalue weighted by Gasteiger charge is 1.56. The van der Waals surface area contributed by atoms with E-state index in [1.807, 2.05) is 0 Å². The Kier molecular flexibility index (Phi) is 43.7. The average Bonchev–Trinajstić information content (AvgIpc) is 1.88. The van der Waals surface area contributed by atoms with Crippen LogP contribution in [0.25, 0.3) is 0 Å². The van der Waals surface area contributed by atoms with Crippen LogP contribution in [0.3, 0.4) is 0 Å². The Labute approximate surface area is 60.4 Å². The first-order chi connectivity index (χ1) is 3.83. The van der Waals surface area contributed by atoms with Gasteiger partial charge < -0.3 is 6.15 Å². The van der Waals surface area contributed by atoms with Crippen molar-refractivity contribution in [2.24, 2.45) is 0 Å². The maximum Gasteiger partial charge on any atom is -0.0564 e. The molecule has 0 unspecified atom stereocenters. The first kappa shape index (κ1) is 16.0. The zero-order valence-corrected chi connectivity index (χ0v) is 7.54. The molecule has 0 saturated carbocycles. The fourth-order valence-electron chi connectivity index (χ4n) is 0. The largest absolute Gasteiger partial charge is 0.344 e. The Bertz CT molecular complexity index is 12.5.